The van der Waals surface area contributed by atoms with Gasteiger partial charge in [-0.25, -0.2) is 4.98 Å². The Labute approximate surface area is 167 Å². The van der Waals surface area contributed by atoms with Crippen molar-refractivity contribution in [3.05, 3.63) is 80.2 Å². The van der Waals surface area contributed by atoms with E-state index in [0.29, 0.717) is 28.9 Å². The van der Waals surface area contributed by atoms with Crippen molar-refractivity contribution >= 4 is 23.1 Å². The minimum Gasteiger partial charge on any atom is -0.379 e. The van der Waals surface area contributed by atoms with Crippen LogP contribution < -0.4 is 10.9 Å². The van der Waals surface area contributed by atoms with Crippen LogP contribution in [0.1, 0.15) is 22.4 Å². The molecular weight excluding hydrogens is 374 g/mol. The van der Waals surface area contributed by atoms with Gasteiger partial charge >= 0.3 is 0 Å². The summed E-state index contributed by atoms with van der Waals surface area (Å²) >= 11 is 6.06. The number of aryl methyl sites for hydroxylation is 3. The number of fused-ring (bicyclic) bond motifs is 1. The van der Waals surface area contributed by atoms with E-state index in [-0.39, 0.29) is 5.56 Å². The second kappa shape index (κ2) is 7.13. The SMILES string of the molecule is Cc1ccc(-c2nc3nc(CNc4cc(Cl)ccc4C)cc(=O)n3[nH]2)cc1C. The number of hydrogen-bond donors (Lipinski definition) is 2. The summed E-state index contributed by atoms with van der Waals surface area (Å²) in [4.78, 5) is 21.5. The molecule has 142 valence electrons. The van der Waals surface area contributed by atoms with Gasteiger partial charge < -0.3 is 5.32 Å². The summed E-state index contributed by atoms with van der Waals surface area (Å²) in [5.74, 6) is 0.962. The van der Waals surface area contributed by atoms with Crippen LogP contribution in [0.15, 0.2) is 47.3 Å². The van der Waals surface area contributed by atoms with Crippen molar-refractivity contribution in [2.45, 2.75) is 27.3 Å². The Kier molecular flexibility index (Phi) is 4.65. The topological polar surface area (TPSA) is 75.1 Å². The molecule has 0 atom stereocenters. The summed E-state index contributed by atoms with van der Waals surface area (Å²) < 4.78 is 1.36. The molecule has 4 aromatic rings. The molecule has 2 aromatic carbocycles. The quantitative estimate of drug-likeness (QED) is 0.542. The van der Waals surface area contributed by atoms with Crippen molar-refractivity contribution in [2.24, 2.45) is 0 Å². The third-order valence-corrected chi connectivity index (χ3v) is 5.06. The Morgan fingerprint density at radius 2 is 1.79 bits per heavy atom. The van der Waals surface area contributed by atoms with Crippen molar-refractivity contribution in [3.8, 4) is 11.4 Å². The van der Waals surface area contributed by atoms with Crippen molar-refractivity contribution in [3.63, 3.8) is 0 Å². The number of hydrogen-bond acceptors (Lipinski definition) is 4. The number of H-pyrrole nitrogens is 1. The number of halogens is 1. The Morgan fingerprint density at radius 1 is 1.00 bits per heavy atom. The lowest BCUT2D eigenvalue weighted by Crippen LogP contribution is -2.17. The van der Waals surface area contributed by atoms with Gasteiger partial charge in [0.05, 0.1) is 12.2 Å². The predicted octanol–water partition coefficient (Wildman–Crippen LogP) is 4.28. The molecule has 0 amide bonds. The van der Waals surface area contributed by atoms with Crippen LogP contribution in [0, 0.1) is 20.8 Å². The van der Waals surface area contributed by atoms with Crippen LogP contribution in [0.3, 0.4) is 0 Å². The largest absolute Gasteiger partial charge is 0.379 e. The molecule has 0 aliphatic carbocycles. The molecule has 4 rings (SSSR count). The smallest absolute Gasteiger partial charge is 0.274 e. The highest BCUT2D eigenvalue weighted by molar-refractivity contribution is 6.30. The number of benzene rings is 2. The fourth-order valence-corrected chi connectivity index (χ4v) is 3.18. The van der Waals surface area contributed by atoms with Gasteiger partial charge in [-0.15, -0.1) is 0 Å². The van der Waals surface area contributed by atoms with Crippen LogP contribution >= 0.6 is 11.6 Å². The van der Waals surface area contributed by atoms with E-state index in [1.165, 1.54) is 21.7 Å². The van der Waals surface area contributed by atoms with Gasteiger partial charge in [0.2, 0.25) is 0 Å². The van der Waals surface area contributed by atoms with Crippen molar-refractivity contribution in [1.29, 1.82) is 0 Å². The van der Waals surface area contributed by atoms with Gasteiger partial charge in [-0.05, 0) is 55.7 Å². The summed E-state index contributed by atoms with van der Waals surface area (Å²) in [6.07, 6.45) is 0. The van der Waals surface area contributed by atoms with E-state index < -0.39 is 0 Å². The summed E-state index contributed by atoms with van der Waals surface area (Å²) in [7, 11) is 0. The third-order valence-electron chi connectivity index (χ3n) is 4.82. The van der Waals surface area contributed by atoms with Gasteiger partial charge in [0.1, 0.15) is 0 Å². The predicted molar refractivity (Wildman–Crippen MR) is 112 cm³/mol. The second-order valence-electron chi connectivity index (χ2n) is 6.91. The second-order valence-corrected chi connectivity index (χ2v) is 7.34. The van der Waals surface area contributed by atoms with Gasteiger partial charge in [-0.2, -0.15) is 9.50 Å². The molecule has 0 unspecified atom stereocenters. The van der Waals surface area contributed by atoms with Gasteiger partial charge in [-0.3, -0.25) is 9.89 Å². The van der Waals surface area contributed by atoms with Crippen LogP contribution in [0.4, 0.5) is 5.69 Å². The lowest BCUT2D eigenvalue weighted by molar-refractivity contribution is 0.878. The molecule has 28 heavy (non-hydrogen) atoms. The molecule has 0 fully saturated rings. The number of aromatic amines is 1. The molecule has 0 saturated carbocycles. The summed E-state index contributed by atoms with van der Waals surface area (Å²) in [6.45, 7) is 6.50. The van der Waals surface area contributed by atoms with Crippen molar-refractivity contribution in [1.82, 2.24) is 19.6 Å². The lowest BCUT2D eigenvalue weighted by atomic mass is 10.1. The van der Waals surface area contributed by atoms with E-state index >= 15 is 0 Å². The van der Waals surface area contributed by atoms with Crippen LogP contribution in [0.25, 0.3) is 17.2 Å². The molecule has 0 aliphatic rings. The maximum atomic E-state index is 12.5. The van der Waals surface area contributed by atoms with E-state index in [4.69, 9.17) is 11.6 Å². The van der Waals surface area contributed by atoms with Crippen LogP contribution in [0.2, 0.25) is 5.02 Å². The molecular formula is C21H20ClN5O. The average molecular weight is 394 g/mol. The minimum absolute atomic E-state index is 0.202. The number of nitrogens with zero attached hydrogens (tertiary/aromatic N) is 3. The molecule has 2 heterocycles. The van der Waals surface area contributed by atoms with Crippen molar-refractivity contribution < 1.29 is 0 Å². The van der Waals surface area contributed by atoms with E-state index in [0.717, 1.165) is 16.8 Å². The van der Waals surface area contributed by atoms with E-state index in [1.54, 1.807) is 0 Å². The molecule has 0 bridgehead atoms. The Balaban J connectivity index is 1.65. The van der Waals surface area contributed by atoms with Crippen LogP contribution in [0.5, 0.6) is 0 Å². The Bertz CT molecular complexity index is 1240. The first-order valence-electron chi connectivity index (χ1n) is 8.97. The minimum atomic E-state index is -0.202. The molecule has 2 N–H and O–H groups in total. The number of rotatable bonds is 4. The molecule has 2 aromatic heterocycles. The van der Waals surface area contributed by atoms with Gasteiger partial charge in [0.15, 0.2) is 5.82 Å². The van der Waals surface area contributed by atoms with E-state index in [2.05, 4.69) is 27.3 Å². The van der Waals surface area contributed by atoms with E-state index in [1.807, 2.05) is 50.2 Å². The number of anilines is 1. The maximum Gasteiger partial charge on any atom is 0.274 e. The Hall–Kier alpha value is -3.12. The van der Waals surface area contributed by atoms with Crippen LogP contribution in [-0.2, 0) is 6.54 Å². The first kappa shape index (κ1) is 18.3. The summed E-state index contributed by atoms with van der Waals surface area (Å²) in [6, 6.07) is 13.2. The Morgan fingerprint density at radius 3 is 2.57 bits per heavy atom. The van der Waals surface area contributed by atoms with Gasteiger partial charge in [0, 0.05) is 22.3 Å². The molecule has 0 radical (unpaired) electrons. The van der Waals surface area contributed by atoms with Gasteiger partial charge in [0.25, 0.3) is 11.3 Å². The zero-order valence-electron chi connectivity index (χ0n) is 15.9. The monoisotopic (exact) mass is 393 g/mol. The first-order valence-corrected chi connectivity index (χ1v) is 9.35. The molecule has 6 nitrogen and oxygen atoms in total. The maximum absolute atomic E-state index is 12.5. The summed E-state index contributed by atoms with van der Waals surface area (Å²) in [5.41, 5.74) is 5.68. The molecule has 0 aliphatic heterocycles. The number of nitrogens with one attached hydrogen (secondary N) is 2. The van der Waals surface area contributed by atoms with E-state index in [9.17, 15) is 4.79 Å². The number of aromatic nitrogens is 4. The fourth-order valence-electron chi connectivity index (χ4n) is 3.01. The third kappa shape index (κ3) is 3.51. The highest BCUT2D eigenvalue weighted by Gasteiger charge is 2.11. The molecule has 0 spiro atoms. The average Bonchev–Trinajstić information content (AvgIpc) is 3.09. The molecule has 7 heteroatoms. The van der Waals surface area contributed by atoms with Crippen LogP contribution in [-0.4, -0.2) is 19.6 Å². The first-order chi connectivity index (χ1) is 13.4. The normalized spacial score (nSPS) is 11.1. The van der Waals surface area contributed by atoms with Gasteiger partial charge in [-0.1, -0.05) is 29.8 Å². The zero-order valence-corrected chi connectivity index (χ0v) is 16.6. The summed E-state index contributed by atoms with van der Waals surface area (Å²) in [5, 5.41) is 6.97. The highest BCUT2D eigenvalue weighted by Crippen LogP contribution is 2.21. The lowest BCUT2D eigenvalue weighted by Gasteiger charge is -2.09. The highest BCUT2D eigenvalue weighted by atomic mass is 35.5. The van der Waals surface area contributed by atoms with Crippen molar-refractivity contribution in [2.75, 3.05) is 5.32 Å². The fraction of sp³-hybridized carbons (Fsp3) is 0.190. The molecule has 0 saturated heterocycles. The standard InChI is InChI=1S/C21H20ClN5O/c1-12-4-6-15(8-14(12)3)20-25-21-24-17(10-19(28)27(21)26-20)11-23-18-9-16(22)7-5-13(18)2/h4-10,23H,11H2,1-3H3,(H,24,25,26). The zero-order chi connectivity index (χ0) is 19.8.